The normalized spacial score (nSPS) is 13.1. The smallest absolute Gasteiger partial charge is 0.326 e. The van der Waals surface area contributed by atoms with Crippen LogP contribution in [-0.2, 0) is 36.8 Å². The average molecular weight is 505 g/mol. The fourth-order valence-electron chi connectivity index (χ4n) is 3.12. The molecule has 1 aromatic carbocycles. The summed E-state index contributed by atoms with van der Waals surface area (Å²) in [7, 11) is 0. The Bertz CT molecular complexity index is 1060. The molecule has 0 radical (unpaired) electrons. The Morgan fingerprint density at radius 1 is 0.972 bits per heavy atom. The number of carbonyl (C=O) groups excluding carboxylic acids is 3. The molecule has 0 bridgehead atoms. The number of carbonyl (C=O) groups is 5. The minimum Gasteiger partial charge on any atom is -0.508 e. The molecule has 14 nitrogen and oxygen atoms in total. The molecule has 0 aliphatic rings. The number of imidazole rings is 1. The summed E-state index contributed by atoms with van der Waals surface area (Å²) >= 11 is 0. The number of hydrogen-bond donors (Lipinski definition) is 8. The second kappa shape index (κ2) is 13.4. The van der Waals surface area contributed by atoms with Gasteiger partial charge in [-0.05, 0) is 24.1 Å². The minimum absolute atomic E-state index is 0.0111. The summed E-state index contributed by atoms with van der Waals surface area (Å²) in [4.78, 5) is 66.3. The Hall–Kier alpha value is -4.46. The topological polar surface area (TPSA) is 237 Å². The van der Waals surface area contributed by atoms with Gasteiger partial charge < -0.3 is 42.0 Å². The van der Waals surface area contributed by atoms with Crippen LogP contribution in [0.5, 0.6) is 5.75 Å². The second-order valence-electron chi connectivity index (χ2n) is 7.93. The quantitative estimate of drug-likeness (QED) is 0.144. The summed E-state index contributed by atoms with van der Waals surface area (Å²) in [5.41, 5.74) is 6.76. The molecule has 3 unspecified atom stereocenters. The zero-order chi connectivity index (χ0) is 26.7. The number of aliphatic carboxylic acids is 2. The highest BCUT2D eigenvalue weighted by molar-refractivity contribution is 5.92. The van der Waals surface area contributed by atoms with Crippen molar-refractivity contribution < 1.29 is 39.3 Å². The van der Waals surface area contributed by atoms with Gasteiger partial charge in [-0.3, -0.25) is 19.2 Å². The summed E-state index contributed by atoms with van der Waals surface area (Å²) in [6.45, 7) is -0.571. The van der Waals surface area contributed by atoms with E-state index in [4.69, 9.17) is 10.8 Å². The average Bonchev–Trinajstić information content (AvgIpc) is 3.34. The maximum Gasteiger partial charge on any atom is 0.326 e. The van der Waals surface area contributed by atoms with Crippen molar-refractivity contribution in [1.82, 2.24) is 25.9 Å². The zero-order valence-corrected chi connectivity index (χ0v) is 19.1. The van der Waals surface area contributed by atoms with Crippen molar-refractivity contribution in [2.45, 2.75) is 43.8 Å². The number of carboxylic acids is 2. The van der Waals surface area contributed by atoms with E-state index >= 15 is 0 Å². The van der Waals surface area contributed by atoms with E-state index < -0.39 is 54.3 Å². The standard InChI is InChI=1S/C22H28N6O8/c23-15(5-6-19(31)32)20(33)28-16(8-13-9-24-11-26-13)21(34)25-10-18(30)27-17(22(35)36)7-12-1-3-14(29)4-2-12/h1-4,9,11,15-17,29H,5-8,10,23H2,(H,24,26)(H,25,34)(H,27,30)(H,28,33)(H,31,32)(H,35,36). The third-order valence-corrected chi connectivity index (χ3v) is 5.05. The first kappa shape index (κ1) is 27.8. The number of rotatable bonds is 14. The SMILES string of the molecule is NC(CCC(=O)O)C(=O)NC(Cc1cnc[nH]1)C(=O)NCC(=O)NC(Cc1ccc(O)cc1)C(=O)O. The van der Waals surface area contributed by atoms with Crippen LogP contribution in [0.15, 0.2) is 36.8 Å². The van der Waals surface area contributed by atoms with Crippen LogP contribution in [0.25, 0.3) is 0 Å². The van der Waals surface area contributed by atoms with E-state index in [2.05, 4.69) is 25.9 Å². The van der Waals surface area contributed by atoms with Crippen molar-refractivity contribution >= 4 is 29.7 Å². The summed E-state index contributed by atoms with van der Waals surface area (Å²) in [6, 6.07) is 2.18. The van der Waals surface area contributed by atoms with E-state index in [9.17, 15) is 34.2 Å². The largest absolute Gasteiger partial charge is 0.508 e. The van der Waals surface area contributed by atoms with E-state index in [1.54, 1.807) is 0 Å². The van der Waals surface area contributed by atoms with Gasteiger partial charge in [0.05, 0.1) is 18.9 Å². The van der Waals surface area contributed by atoms with E-state index in [-0.39, 0.29) is 31.4 Å². The van der Waals surface area contributed by atoms with Gasteiger partial charge in [0.2, 0.25) is 17.7 Å². The maximum absolute atomic E-state index is 12.7. The van der Waals surface area contributed by atoms with Crippen molar-refractivity contribution in [1.29, 1.82) is 0 Å². The first-order valence-corrected chi connectivity index (χ1v) is 10.9. The van der Waals surface area contributed by atoms with Gasteiger partial charge in [0.25, 0.3) is 0 Å². The van der Waals surface area contributed by atoms with E-state index in [1.807, 2.05) is 0 Å². The van der Waals surface area contributed by atoms with Crippen molar-refractivity contribution in [3.63, 3.8) is 0 Å². The number of phenolic OH excluding ortho intramolecular Hbond substituents is 1. The number of amides is 3. The number of phenols is 1. The number of aromatic hydroxyl groups is 1. The Balaban J connectivity index is 1.96. The molecular formula is C22H28N6O8. The molecule has 0 saturated carbocycles. The molecule has 0 aliphatic heterocycles. The Kier molecular flexibility index (Phi) is 10.4. The van der Waals surface area contributed by atoms with E-state index in [0.717, 1.165) is 0 Å². The van der Waals surface area contributed by atoms with Gasteiger partial charge in [-0.25, -0.2) is 9.78 Å². The summed E-state index contributed by atoms with van der Waals surface area (Å²) in [6.07, 6.45) is 2.26. The predicted octanol–water partition coefficient (Wildman–Crippen LogP) is -1.74. The number of aromatic amines is 1. The lowest BCUT2D eigenvalue weighted by Gasteiger charge is -2.20. The minimum atomic E-state index is -1.29. The van der Waals surface area contributed by atoms with Crippen LogP contribution in [0, 0.1) is 0 Å². The Labute approximate surface area is 205 Å². The first-order valence-electron chi connectivity index (χ1n) is 10.9. The predicted molar refractivity (Wildman–Crippen MR) is 123 cm³/mol. The van der Waals surface area contributed by atoms with Crippen LogP contribution < -0.4 is 21.7 Å². The third-order valence-electron chi connectivity index (χ3n) is 5.05. The van der Waals surface area contributed by atoms with Gasteiger partial charge in [-0.1, -0.05) is 12.1 Å². The number of nitrogens with one attached hydrogen (secondary N) is 4. The Morgan fingerprint density at radius 3 is 2.25 bits per heavy atom. The molecule has 0 saturated heterocycles. The number of nitrogens with zero attached hydrogens (tertiary/aromatic N) is 1. The van der Waals surface area contributed by atoms with Gasteiger partial charge >= 0.3 is 11.9 Å². The highest BCUT2D eigenvalue weighted by Gasteiger charge is 2.26. The summed E-state index contributed by atoms with van der Waals surface area (Å²) in [5, 5.41) is 34.6. The molecule has 14 heteroatoms. The molecule has 0 aliphatic carbocycles. The number of benzene rings is 1. The fourth-order valence-corrected chi connectivity index (χ4v) is 3.12. The molecule has 1 aromatic heterocycles. The molecular weight excluding hydrogens is 476 g/mol. The number of hydrogen-bond acceptors (Lipinski definition) is 8. The molecule has 194 valence electrons. The highest BCUT2D eigenvalue weighted by atomic mass is 16.4. The lowest BCUT2D eigenvalue weighted by atomic mass is 10.1. The van der Waals surface area contributed by atoms with E-state index in [0.29, 0.717) is 11.3 Å². The maximum atomic E-state index is 12.7. The van der Waals surface area contributed by atoms with Crippen LogP contribution in [0.4, 0.5) is 0 Å². The van der Waals surface area contributed by atoms with Gasteiger partial charge in [0, 0.05) is 31.2 Å². The van der Waals surface area contributed by atoms with Crippen molar-refractivity contribution in [3.05, 3.63) is 48.0 Å². The number of H-pyrrole nitrogens is 1. The van der Waals surface area contributed by atoms with Crippen LogP contribution >= 0.6 is 0 Å². The molecule has 0 fully saturated rings. The van der Waals surface area contributed by atoms with Gasteiger partial charge in [-0.15, -0.1) is 0 Å². The molecule has 0 spiro atoms. The van der Waals surface area contributed by atoms with Gasteiger partial charge in [0.15, 0.2) is 0 Å². The van der Waals surface area contributed by atoms with Crippen LogP contribution in [0.1, 0.15) is 24.1 Å². The van der Waals surface area contributed by atoms with E-state index in [1.165, 1.54) is 36.8 Å². The van der Waals surface area contributed by atoms with Gasteiger partial charge in [-0.2, -0.15) is 0 Å². The Morgan fingerprint density at radius 2 is 1.67 bits per heavy atom. The molecule has 2 rings (SSSR count). The molecule has 36 heavy (non-hydrogen) atoms. The van der Waals surface area contributed by atoms with Crippen molar-refractivity contribution in [3.8, 4) is 5.75 Å². The van der Waals surface area contributed by atoms with Gasteiger partial charge in [0.1, 0.15) is 17.8 Å². The number of aromatic nitrogens is 2. The summed E-state index contributed by atoms with van der Waals surface area (Å²) in [5.74, 6) is -4.68. The molecule has 3 amide bonds. The zero-order valence-electron chi connectivity index (χ0n) is 19.1. The highest BCUT2D eigenvalue weighted by Crippen LogP contribution is 2.11. The van der Waals surface area contributed by atoms with Crippen LogP contribution in [0.2, 0.25) is 0 Å². The molecule has 3 atom stereocenters. The molecule has 1 heterocycles. The van der Waals surface area contributed by atoms with Crippen LogP contribution in [0.3, 0.4) is 0 Å². The summed E-state index contributed by atoms with van der Waals surface area (Å²) < 4.78 is 0. The lowest BCUT2D eigenvalue weighted by molar-refractivity contribution is -0.141. The fraction of sp³-hybridized carbons (Fsp3) is 0.364. The number of nitrogens with two attached hydrogens (primary N) is 1. The van der Waals surface area contributed by atoms with Crippen LogP contribution in [-0.4, -0.2) is 79.6 Å². The lowest BCUT2D eigenvalue weighted by Crippen LogP contribution is -2.54. The first-order chi connectivity index (χ1) is 17.0. The molecule has 2 aromatic rings. The third kappa shape index (κ3) is 9.42. The van der Waals surface area contributed by atoms with Crippen molar-refractivity contribution in [2.75, 3.05) is 6.54 Å². The monoisotopic (exact) mass is 504 g/mol. The molecule has 9 N–H and O–H groups in total. The second-order valence-corrected chi connectivity index (χ2v) is 7.93. The van der Waals surface area contributed by atoms with Crippen molar-refractivity contribution in [2.24, 2.45) is 5.73 Å². The number of carboxylic acid groups (broad SMARTS) is 2.